The van der Waals surface area contributed by atoms with Gasteiger partial charge in [0.15, 0.2) is 0 Å². The summed E-state index contributed by atoms with van der Waals surface area (Å²) in [6, 6.07) is 5.85. The predicted octanol–water partition coefficient (Wildman–Crippen LogP) is 4.44. The Morgan fingerprint density at radius 3 is 2.22 bits per heavy atom. The molecule has 0 saturated carbocycles. The number of aryl methyl sites for hydroxylation is 1. The van der Waals surface area contributed by atoms with Crippen molar-refractivity contribution in [3.63, 3.8) is 0 Å². The van der Waals surface area contributed by atoms with Crippen LogP contribution in [0.5, 0.6) is 0 Å². The second kappa shape index (κ2) is 12.3. The monoisotopic (exact) mass is 252 g/mol. The van der Waals surface area contributed by atoms with Crippen molar-refractivity contribution in [2.24, 2.45) is 0 Å². The largest absolute Gasteiger partial charge is 0.381 e. The Morgan fingerprint density at radius 2 is 1.78 bits per heavy atom. The van der Waals surface area contributed by atoms with Crippen LogP contribution < -0.4 is 0 Å². The minimum absolute atomic E-state index is 0.149. The minimum atomic E-state index is 0.149. The van der Waals surface area contributed by atoms with Gasteiger partial charge < -0.3 is 4.74 Å². The number of aldehydes is 1. The van der Waals surface area contributed by atoms with E-state index in [4.69, 9.17) is 4.74 Å². The third-order valence-electron chi connectivity index (χ3n) is 2.34. The van der Waals surface area contributed by atoms with E-state index in [1.807, 2.05) is 59.7 Å². The van der Waals surface area contributed by atoms with E-state index < -0.39 is 0 Å². The first-order chi connectivity index (χ1) is 8.67. The van der Waals surface area contributed by atoms with Crippen LogP contribution in [0.25, 0.3) is 0 Å². The highest BCUT2D eigenvalue weighted by Gasteiger charge is 2.06. The molecule has 0 bridgehead atoms. The average Bonchev–Trinajstić information content (AvgIpc) is 2.43. The fourth-order valence-electron chi connectivity index (χ4n) is 1.42. The van der Waals surface area contributed by atoms with Crippen LogP contribution in [0.15, 0.2) is 18.2 Å². The number of hydrogen-bond acceptors (Lipinski definition) is 2. The number of rotatable bonds is 4. The molecule has 0 aliphatic heterocycles. The SMILES string of the molecule is CC.CC.COC(C)Cc1cc(C)ccc1C=O. The fourth-order valence-corrected chi connectivity index (χ4v) is 1.42. The van der Waals surface area contributed by atoms with Crippen molar-refractivity contribution in [2.45, 2.75) is 54.1 Å². The molecule has 2 nitrogen and oxygen atoms in total. The van der Waals surface area contributed by atoms with E-state index in [9.17, 15) is 4.79 Å². The van der Waals surface area contributed by atoms with Crippen molar-refractivity contribution >= 4 is 6.29 Å². The zero-order valence-corrected chi connectivity index (χ0v) is 12.9. The van der Waals surface area contributed by atoms with Gasteiger partial charge in [0.2, 0.25) is 0 Å². The molecule has 1 atom stereocenters. The number of hydrogen-bond donors (Lipinski definition) is 0. The van der Waals surface area contributed by atoms with Gasteiger partial charge in [0, 0.05) is 12.7 Å². The summed E-state index contributed by atoms with van der Waals surface area (Å²) in [5.74, 6) is 0. The average molecular weight is 252 g/mol. The Balaban J connectivity index is 0. The normalized spacial score (nSPS) is 10.4. The summed E-state index contributed by atoms with van der Waals surface area (Å²) in [6.45, 7) is 12.0. The van der Waals surface area contributed by atoms with Crippen LogP contribution in [-0.4, -0.2) is 19.5 Å². The lowest BCUT2D eigenvalue weighted by Crippen LogP contribution is -2.10. The Morgan fingerprint density at radius 1 is 1.22 bits per heavy atom. The number of carbonyl (C=O) groups excluding carboxylic acids is 1. The van der Waals surface area contributed by atoms with Gasteiger partial charge in [-0.15, -0.1) is 0 Å². The Labute approximate surface area is 112 Å². The van der Waals surface area contributed by atoms with Crippen LogP contribution in [0.2, 0.25) is 0 Å². The summed E-state index contributed by atoms with van der Waals surface area (Å²) in [4.78, 5) is 10.8. The van der Waals surface area contributed by atoms with Gasteiger partial charge in [-0.2, -0.15) is 0 Å². The van der Waals surface area contributed by atoms with Crippen molar-refractivity contribution in [3.05, 3.63) is 34.9 Å². The molecule has 0 fully saturated rings. The number of carbonyl (C=O) groups is 1. The fraction of sp³-hybridized carbons (Fsp3) is 0.562. The van der Waals surface area contributed by atoms with Crippen molar-refractivity contribution in [1.29, 1.82) is 0 Å². The number of methoxy groups -OCH3 is 1. The third kappa shape index (κ3) is 7.23. The maximum absolute atomic E-state index is 10.8. The van der Waals surface area contributed by atoms with Gasteiger partial charge in [0.1, 0.15) is 6.29 Å². The van der Waals surface area contributed by atoms with Crippen molar-refractivity contribution < 1.29 is 9.53 Å². The van der Waals surface area contributed by atoms with Gasteiger partial charge in [-0.25, -0.2) is 0 Å². The molecule has 104 valence electrons. The van der Waals surface area contributed by atoms with Crippen molar-refractivity contribution in [1.82, 2.24) is 0 Å². The first-order valence-electron chi connectivity index (χ1n) is 6.75. The highest BCUT2D eigenvalue weighted by atomic mass is 16.5. The van der Waals surface area contributed by atoms with Gasteiger partial charge in [-0.05, 0) is 25.8 Å². The third-order valence-corrected chi connectivity index (χ3v) is 2.34. The first-order valence-corrected chi connectivity index (χ1v) is 6.75. The zero-order chi connectivity index (χ0) is 14.6. The van der Waals surface area contributed by atoms with Gasteiger partial charge in [-0.3, -0.25) is 4.79 Å². The van der Waals surface area contributed by atoms with Crippen LogP contribution in [0.1, 0.15) is 56.1 Å². The summed E-state index contributed by atoms with van der Waals surface area (Å²) < 4.78 is 5.18. The molecule has 0 N–H and O–H groups in total. The molecule has 1 unspecified atom stereocenters. The molecule has 0 radical (unpaired) electrons. The van der Waals surface area contributed by atoms with Crippen LogP contribution in [0.3, 0.4) is 0 Å². The molecule has 1 rings (SSSR count). The van der Waals surface area contributed by atoms with E-state index in [0.29, 0.717) is 0 Å². The molecule has 0 aliphatic rings. The van der Waals surface area contributed by atoms with Gasteiger partial charge in [-0.1, -0.05) is 51.5 Å². The minimum Gasteiger partial charge on any atom is -0.381 e. The van der Waals surface area contributed by atoms with Crippen LogP contribution >= 0.6 is 0 Å². The highest BCUT2D eigenvalue weighted by molar-refractivity contribution is 5.77. The molecule has 2 heteroatoms. The topological polar surface area (TPSA) is 26.3 Å². The first kappa shape index (κ1) is 19.2. The highest BCUT2D eigenvalue weighted by Crippen LogP contribution is 2.13. The van der Waals surface area contributed by atoms with Gasteiger partial charge in [0.25, 0.3) is 0 Å². The molecule has 0 amide bonds. The molecule has 0 spiro atoms. The Hall–Kier alpha value is -1.15. The van der Waals surface area contributed by atoms with E-state index in [0.717, 1.165) is 23.8 Å². The van der Waals surface area contributed by atoms with E-state index >= 15 is 0 Å². The van der Waals surface area contributed by atoms with Crippen LogP contribution in [0.4, 0.5) is 0 Å². The maximum Gasteiger partial charge on any atom is 0.150 e. The molecular weight excluding hydrogens is 224 g/mol. The number of benzene rings is 1. The molecule has 18 heavy (non-hydrogen) atoms. The Bertz CT molecular complexity index is 319. The van der Waals surface area contributed by atoms with Gasteiger partial charge >= 0.3 is 0 Å². The lowest BCUT2D eigenvalue weighted by Gasteiger charge is -2.11. The molecule has 0 saturated heterocycles. The summed E-state index contributed by atoms with van der Waals surface area (Å²) >= 11 is 0. The molecule has 1 aromatic carbocycles. The van der Waals surface area contributed by atoms with E-state index in [1.165, 1.54) is 5.56 Å². The second-order valence-corrected chi connectivity index (χ2v) is 3.57. The molecule has 0 heterocycles. The molecule has 1 aromatic rings. The molecule has 0 aromatic heterocycles. The molecule has 0 aliphatic carbocycles. The predicted molar refractivity (Wildman–Crippen MR) is 79.4 cm³/mol. The van der Waals surface area contributed by atoms with E-state index in [-0.39, 0.29) is 6.10 Å². The smallest absolute Gasteiger partial charge is 0.150 e. The summed E-state index contributed by atoms with van der Waals surface area (Å²) in [5, 5.41) is 0. The van der Waals surface area contributed by atoms with E-state index in [1.54, 1.807) is 7.11 Å². The lowest BCUT2D eigenvalue weighted by atomic mass is 10.0. The second-order valence-electron chi connectivity index (χ2n) is 3.57. The van der Waals surface area contributed by atoms with Crippen LogP contribution in [0, 0.1) is 6.92 Å². The molecular formula is C16H28O2. The summed E-state index contributed by atoms with van der Waals surface area (Å²) in [5.41, 5.74) is 3.00. The maximum atomic E-state index is 10.8. The zero-order valence-electron chi connectivity index (χ0n) is 12.9. The summed E-state index contributed by atoms with van der Waals surface area (Å²) in [7, 11) is 1.68. The Kier molecular flexibility index (Phi) is 13.1. The van der Waals surface area contributed by atoms with Gasteiger partial charge in [0.05, 0.1) is 6.10 Å². The summed E-state index contributed by atoms with van der Waals surface area (Å²) in [6.07, 6.45) is 1.83. The standard InChI is InChI=1S/C12H16O2.2C2H6/c1-9-4-5-11(8-13)12(6-9)7-10(2)14-3;2*1-2/h4-6,8,10H,7H2,1-3H3;2*1-2H3. The lowest BCUT2D eigenvalue weighted by molar-refractivity contribution is 0.111. The van der Waals surface area contributed by atoms with E-state index in [2.05, 4.69) is 0 Å². The van der Waals surface area contributed by atoms with Crippen molar-refractivity contribution in [2.75, 3.05) is 7.11 Å². The van der Waals surface area contributed by atoms with Crippen molar-refractivity contribution in [3.8, 4) is 0 Å². The quantitative estimate of drug-likeness (QED) is 0.741. The van der Waals surface area contributed by atoms with Crippen LogP contribution in [-0.2, 0) is 11.2 Å². The number of ether oxygens (including phenoxy) is 1.